The lowest BCUT2D eigenvalue weighted by atomic mass is 10.1. The third-order valence-corrected chi connectivity index (χ3v) is 4.28. The van der Waals surface area contributed by atoms with Crippen LogP contribution in [0, 0.1) is 0 Å². The van der Waals surface area contributed by atoms with Gasteiger partial charge in [0.1, 0.15) is 11.8 Å². The second-order valence-corrected chi connectivity index (χ2v) is 6.23. The van der Waals surface area contributed by atoms with Gasteiger partial charge in [0, 0.05) is 50.7 Å². The highest BCUT2D eigenvalue weighted by Crippen LogP contribution is 2.25. The van der Waals surface area contributed by atoms with E-state index in [0.717, 1.165) is 0 Å². The molecule has 1 amide bonds. The van der Waals surface area contributed by atoms with Gasteiger partial charge in [0.2, 0.25) is 5.88 Å². The van der Waals surface area contributed by atoms with Crippen LogP contribution in [0.2, 0.25) is 0 Å². The van der Waals surface area contributed by atoms with Crippen molar-refractivity contribution in [2.24, 2.45) is 0 Å². The highest BCUT2D eigenvalue weighted by Gasteiger charge is 2.43. The molecule has 0 spiro atoms. The smallest absolute Gasteiger partial charge is 0.405 e. The van der Waals surface area contributed by atoms with E-state index < -0.39 is 24.7 Å². The van der Waals surface area contributed by atoms with Gasteiger partial charge in [-0.2, -0.15) is 13.2 Å². The molecule has 1 saturated heterocycles. The second-order valence-electron chi connectivity index (χ2n) is 6.23. The Labute approximate surface area is 184 Å². The molecule has 0 saturated carbocycles. The molecule has 0 bridgehead atoms. The number of alkyl halides is 3. The first-order chi connectivity index (χ1) is 13.4. The molecule has 1 aliphatic heterocycles. The molecule has 1 unspecified atom stereocenters. The number of hydrogen-bond donors (Lipinski definition) is 2. The predicted molar refractivity (Wildman–Crippen MR) is 110 cm³/mol. The summed E-state index contributed by atoms with van der Waals surface area (Å²) in [5.74, 6) is -0.0208. The zero-order valence-electron chi connectivity index (χ0n) is 15.8. The van der Waals surface area contributed by atoms with Gasteiger partial charge in [-0.1, -0.05) is 6.07 Å². The number of carbonyl (C=O) groups excluding carboxylic acids is 1. The van der Waals surface area contributed by atoms with Crippen LogP contribution in [-0.2, 0) is 0 Å². The highest BCUT2D eigenvalue weighted by atomic mass is 35.5. The molecule has 2 N–H and O–H groups in total. The number of aromatic nitrogens is 2. The summed E-state index contributed by atoms with van der Waals surface area (Å²) in [6.07, 6.45) is -0.0683. The van der Waals surface area contributed by atoms with Gasteiger partial charge in [-0.25, -0.2) is 4.98 Å². The van der Waals surface area contributed by atoms with Crippen molar-refractivity contribution in [2.45, 2.75) is 12.2 Å². The Morgan fingerprint density at radius 3 is 2.60 bits per heavy atom. The highest BCUT2D eigenvalue weighted by molar-refractivity contribution is 5.94. The average Bonchev–Trinajstić information content (AvgIpc) is 2.69. The van der Waals surface area contributed by atoms with Crippen molar-refractivity contribution in [3.8, 4) is 11.6 Å². The standard InChI is InChI=1S/C18H20F3N5O2.2ClH/c19-18(20,21)15(26-8-6-22-7-9-26)11-25-17(27)13-2-1-3-14(10-13)28-16-12-23-4-5-24-16;;/h1-5,10,12,15,22H,6-9,11H2,(H,25,27);2*1H. The summed E-state index contributed by atoms with van der Waals surface area (Å²) in [6, 6.07) is 4.42. The van der Waals surface area contributed by atoms with Gasteiger partial charge < -0.3 is 15.4 Å². The number of ether oxygens (including phenoxy) is 1. The SMILES string of the molecule is Cl.Cl.O=C(NCC(N1CCNCC1)C(F)(F)F)c1cccc(Oc2cnccn2)c1. The van der Waals surface area contributed by atoms with Crippen LogP contribution < -0.4 is 15.4 Å². The molecule has 1 atom stereocenters. The lowest BCUT2D eigenvalue weighted by Gasteiger charge is -2.35. The summed E-state index contributed by atoms with van der Waals surface area (Å²) >= 11 is 0. The zero-order chi connectivity index (χ0) is 20.0. The average molecular weight is 468 g/mol. The number of piperazine rings is 1. The number of nitrogens with zero attached hydrogens (tertiary/aromatic N) is 3. The third kappa shape index (κ3) is 7.28. The minimum atomic E-state index is -4.43. The minimum Gasteiger partial charge on any atom is -0.437 e. The molecule has 3 rings (SSSR count). The molecule has 1 aliphatic rings. The van der Waals surface area contributed by atoms with Gasteiger partial charge in [-0.3, -0.25) is 14.7 Å². The van der Waals surface area contributed by atoms with Crippen molar-refractivity contribution in [1.29, 1.82) is 0 Å². The number of hydrogen-bond acceptors (Lipinski definition) is 6. The Morgan fingerprint density at radius 2 is 1.97 bits per heavy atom. The van der Waals surface area contributed by atoms with E-state index in [2.05, 4.69) is 20.6 Å². The van der Waals surface area contributed by atoms with E-state index in [4.69, 9.17) is 4.74 Å². The molecule has 2 heterocycles. The quantitative estimate of drug-likeness (QED) is 0.679. The number of nitrogens with one attached hydrogen (secondary N) is 2. The number of rotatable bonds is 6. The van der Waals surface area contributed by atoms with Crippen molar-refractivity contribution in [2.75, 3.05) is 32.7 Å². The molecular weight excluding hydrogens is 446 g/mol. The summed E-state index contributed by atoms with van der Waals surface area (Å²) in [6.45, 7) is 1.02. The van der Waals surface area contributed by atoms with Crippen LogP contribution in [0.5, 0.6) is 11.6 Å². The predicted octanol–water partition coefficient (Wildman–Crippen LogP) is 2.68. The Bertz CT molecular complexity index is 793. The molecule has 30 heavy (non-hydrogen) atoms. The van der Waals surface area contributed by atoms with Crippen LogP contribution in [0.25, 0.3) is 0 Å². The van der Waals surface area contributed by atoms with E-state index in [-0.39, 0.29) is 49.3 Å². The lowest BCUT2D eigenvalue weighted by Crippen LogP contribution is -2.57. The molecule has 1 aromatic heterocycles. The van der Waals surface area contributed by atoms with Gasteiger partial charge in [0.05, 0.1) is 6.20 Å². The monoisotopic (exact) mass is 467 g/mol. The second kappa shape index (κ2) is 11.9. The van der Waals surface area contributed by atoms with Crippen LogP contribution in [-0.4, -0.2) is 65.7 Å². The summed E-state index contributed by atoms with van der Waals surface area (Å²) in [5, 5.41) is 5.41. The summed E-state index contributed by atoms with van der Waals surface area (Å²) in [5.41, 5.74) is 0.197. The van der Waals surface area contributed by atoms with Crippen LogP contribution in [0.4, 0.5) is 13.2 Å². The van der Waals surface area contributed by atoms with Crippen molar-refractivity contribution in [3.05, 3.63) is 48.4 Å². The Hall–Kier alpha value is -2.14. The Morgan fingerprint density at radius 1 is 1.23 bits per heavy atom. The number of halogens is 5. The van der Waals surface area contributed by atoms with E-state index in [1.807, 2.05) is 0 Å². The van der Waals surface area contributed by atoms with Gasteiger partial charge in [0.25, 0.3) is 5.91 Å². The number of carbonyl (C=O) groups is 1. The lowest BCUT2D eigenvalue weighted by molar-refractivity contribution is -0.183. The van der Waals surface area contributed by atoms with Crippen LogP contribution in [0.1, 0.15) is 10.4 Å². The molecule has 0 aliphatic carbocycles. The normalized spacial score (nSPS) is 15.3. The van der Waals surface area contributed by atoms with Gasteiger partial charge in [0.15, 0.2) is 0 Å². The van der Waals surface area contributed by atoms with E-state index in [1.165, 1.54) is 35.6 Å². The van der Waals surface area contributed by atoms with Gasteiger partial charge >= 0.3 is 6.18 Å². The molecule has 2 aromatic rings. The molecular formula is C18H22Cl2F3N5O2. The fourth-order valence-electron chi connectivity index (χ4n) is 2.90. The maximum Gasteiger partial charge on any atom is 0.405 e. The van der Waals surface area contributed by atoms with Crippen molar-refractivity contribution in [3.63, 3.8) is 0 Å². The van der Waals surface area contributed by atoms with Crippen LogP contribution in [0.15, 0.2) is 42.9 Å². The van der Waals surface area contributed by atoms with E-state index in [9.17, 15) is 18.0 Å². The largest absolute Gasteiger partial charge is 0.437 e. The summed E-state index contributed by atoms with van der Waals surface area (Å²) < 4.78 is 45.7. The molecule has 12 heteroatoms. The first-order valence-electron chi connectivity index (χ1n) is 8.77. The fourth-order valence-corrected chi connectivity index (χ4v) is 2.90. The van der Waals surface area contributed by atoms with Gasteiger partial charge in [-0.05, 0) is 18.2 Å². The van der Waals surface area contributed by atoms with Crippen LogP contribution in [0.3, 0.4) is 0 Å². The summed E-state index contributed by atoms with van der Waals surface area (Å²) in [7, 11) is 0. The van der Waals surface area contributed by atoms with E-state index in [0.29, 0.717) is 18.8 Å². The summed E-state index contributed by atoms with van der Waals surface area (Å²) in [4.78, 5) is 21.5. The van der Waals surface area contributed by atoms with Crippen molar-refractivity contribution >= 4 is 30.7 Å². The fraction of sp³-hybridized carbons (Fsp3) is 0.389. The molecule has 0 radical (unpaired) electrons. The topological polar surface area (TPSA) is 79.4 Å². The molecule has 166 valence electrons. The first kappa shape index (κ1) is 25.9. The van der Waals surface area contributed by atoms with E-state index >= 15 is 0 Å². The molecule has 7 nitrogen and oxygen atoms in total. The number of amides is 1. The molecule has 1 fully saturated rings. The van der Waals surface area contributed by atoms with Gasteiger partial charge in [-0.15, -0.1) is 24.8 Å². The van der Waals surface area contributed by atoms with Crippen LogP contribution >= 0.6 is 24.8 Å². The Kier molecular flexibility index (Phi) is 10.3. The van der Waals surface area contributed by atoms with Crippen molar-refractivity contribution < 1.29 is 22.7 Å². The Balaban J connectivity index is 0.00000225. The first-order valence-corrected chi connectivity index (χ1v) is 8.77. The zero-order valence-corrected chi connectivity index (χ0v) is 17.4. The molecule has 1 aromatic carbocycles. The van der Waals surface area contributed by atoms with E-state index in [1.54, 1.807) is 12.1 Å². The maximum absolute atomic E-state index is 13.4. The van der Waals surface area contributed by atoms with Crippen molar-refractivity contribution in [1.82, 2.24) is 25.5 Å². The third-order valence-electron chi connectivity index (χ3n) is 4.28. The maximum atomic E-state index is 13.4. The minimum absolute atomic E-state index is 0. The number of benzene rings is 1.